The quantitative estimate of drug-likeness (QED) is 0.793. The highest BCUT2D eigenvalue weighted by Gasteiger charge is 2.39. The molecule has 0 saturated heterocycles. The Hall–Kier alpha value is -2.16. The summed E-state index contributed by atoms with van der Waals surface area (Å²) < 4.78 is 0. The summed E-state index contributed by atoms with van der Waals surface area (Å²) in [5.74, 6) is 0.0211. The van der Waals surface area contributed by atoms with Gasteiger partial charge in [-0.05, 0) is 47.8 Å². The molecule has 0 saturated carbocycles. The van der Waals surface area contributed by atoms with Crippen LogP contribution in [-0.2, 0) is 4.79 Å². The fourth-order valence-electron chi connectivity index (χ4n) is 3.16. The van der Waals surface area contributed by atoms with Crippen LogP contribution in [0, 0.1) is 18.3 Å². The van der Waals surface area contributed by atoms with Gasteiger partial charge < -0.3 is 5.11 Å². The zero-order valence-electron chi connectivity index (χ0n) is 12.4. The molecule has 2 aliphatic carbocycles. The lowest BCUT2D eigenvalue weighted by Gasteiger charge is -2.34. The van der Waals surface area contributed by atoms with E-state index in [0.717, 1.165) is 0 Å². The Morgan fingerprint density at radius 2 is 1.95 bits per heavy atom. The lowest BCUT2D eigenvalue weighted by atomic mass is 9.68. The molecule has 21 heavy (non-hydrogen) atoms. The van der Waals surface area contributed by atoms with Crippen molar-refractivity contribution in [1.82, 2.24) is 0 Å². The average Bonchev–Trinajstić information content (AvgIpc) is 2.55. The first kappa shape index (κ1) is 13.8. The number of allylic oxidation sites excluding steroid dienone is 3. The number of carbonyl (C=O) groups is 2. The van der Waals surface area contributed by atoms with Crippen LogP contribution < -0.4 is 0 Å². The molecule has 0 spiro atoms. The fourth-order valence-corrected chi connectivity index (χ4v) is 3.16. The van der Waals surface area contributed by atoms with Crippen LogP contribution in [0.25, 0.3) is 6.08 Å². The molecule has 0 aliphatic heterocycles. The minimum absolute atomic E-state index is 0.0283. The smallest absolute Gasteiger partial charge is 0.181 e. The Bertz CT molecular complexity index is 720. The van der Waals surface area contributed by atoms with Gasteiger partial charge in [0.2, 0.25) is 0 Å². The number of phenols is 1. The van der Waals surface area contributed by atoms with Gasteiger partial charge in [0.05, 0.1) is 0 Å². The van der Waals surface area contributed by atoms with Crippen molar-refractivity contribution in [2.45, 2.75) is 27.2 Å². The average molecular weight is 282 g/mol. The number of benzene rings is 1. The van der Waals surface area contributed by atoms with Crippen LogP contribution in [0.4, 0.5) is 0 Å². The molecule has 0 fully saturated rings. The molecule has 1 N–H and O–H groups in total. The van der Waals surface area contributed by atoms with Crippen molar-refractivity contribution in [3.63, 3.8) is 0 Å². The molecule has 0 unspecified atom stereocenters. The number of ketones is 2. The molecule has 0 amide bonds. The van der Waals surface area contributed by atoms with Gasteiger partial charge in [-0.3, -0.25) is 9.59 Å². The van der Waals surface area contributed by atoms with Crippen molar-refractivity contribution >= 4 is 17.6 Å². The van der Waals surface area contributed by atoms with E-state index in [4.69, 9.17) is 0 Å². The Labute approximate surface area is 124 Å². The van der Waals surface area contributed by atoms with Crippen LogP contribution in [0.1, 0.15) is 41.8 Å². The minimum atomic E-state index is -0.228. The summed E-state index contributed by atoms with van der Waals surface area (Å²) in [6.45, 7) is 5.85. The predicted molar refractivity (Wildman–Crippen MR) is 81.2 cm³/mol. The number of aryl methyl sites for hydroxylation is 1. The summed E-state index contributed by atoms with van der Waals surface area (Å²) in [6.07, 6.45) is 5.58. The van der Waals surface area contributed by atoms with Crippen LogP contribution in [0.3, 0.4) is 0 Å². The van der Waals surface area contributed by atoms with Gasteiger partial charge in [0.1, 0.15) is 5.75 Å². The summed E-state index contributed by atoms with van der Waals surface area (Å²) in [7, 11) is 0. The lowest BCUT2D eigenvalue weighted by molar-refractivity contribution is -0.112. The van der Waals surface area contributed by atoms with Gasteiger partial charge in [0, 0.05) is 23.5 Å². The number of Topliss-reactive ketones (excluding diaryl/α,β-unsaturated/α-hetero) is 1. The van der Waals surface area contributed by atoms with Gasteiger partial charge in [0.25, 0.3) is 0 Å². The molecule has 1 aromatic rings. The van der Waals surface area contributed by atoms with Crippen molar-refractivity contribution in [1.29, 1.82) is 0 Å². The largest absolute Gasteiger partial charge is 0.508 e. The minimum Gasteiger partial charge on any atom is -0.508 e. The Kier molecular flexibility index (Phi) is 2.90. The molecule has 108 valence electrons. The van der Waals surface area contributed by atoms with E-state index in [1.54, 1.807) is 31.2 Å². The number of hydrogen-bond acceptors (Lipinski definition) is 3. The Morgan fingerprint density at radius 3 is 2.67 bits per heavy atom. The fraction of sp³-hybridized carbons (Fsp3) is 0.333. The van der Waals surface area contributed by atoms with E-state index in [1.165, 1.54) is 0 Å². The number of aromatic hydroxyl groups is 1. The van der Waals surface area contributed by atoms with Crippen LogP contribution >= 0.6 is 0 Å². The van der Waals surface area contributed by atoms with E-state index in [9.17, 15) is 14.7 Å². The molecule has 2 aliphatic rings. The monoisotopic (exact) mass is 282 g/mol. The van der Waals surface area contributed by atoms with Crippen molar-refractivity contribution in [3.8, 4) is 5.75 Å². The summed E-state index contributed by atoms with van der Waals surface area (Å²) in [4.78, 5) is 24.8. The maximum atomic E-state index is 12.6. The standard InChI is InChI=1S/C18H18O3/c1-10-6-12-11(8-16(10)20)7-13-14(9-17(12)21)18(2,3)5-4-15(13)19/h4-8,14,20H,9H2,1-3H3/t14-/m0/s1. The van der Waals surface area contributed by atoms with E-state index >= 15 is 0 Å². The summed E-state index contributed by atoms with van der Waals surface area (Å²) in [5.41, 5.74) is 2.34. The number of phenolic OH excluding ortho intramolecular Hbond substituents is 1. The van der Waals surface area contributed by atoms with Gasteiger partial charge >= 0.3 is 0 Å². The predicted octanol–water partition coefficient (Wildman–Crippen LogP) is 3.45. The number of hydrogen-bond donors (Lipinski definition) is 1. The Balaban J connectivity index is 2.23. The van der Waals surface area contributed by atoms with Crippen molar-refractivity contribution < 1.29 is 14.7 Å². The second kappa shape index (κ2) is 4.42. The zero-order valence-corrected chi connectivity index (χ0v) is 12.4. The van der Waals surface area contributed by atoms with Gasteiger partial charge in [-0.1, -0.05) is 19.9 Å². The topological polar surface area (TPSA) is 54.4 Å². The van der Waals surface area contributed by atoms with Crippen LogP contribution in [0.2, 0.25) is 0 Å². The first-order chi connectivity index (χ1) is 9.79. The van der Waals surface area contributed by atoms with Gasteiger partial charge in [-0.15, -0.1) is 0 Å². The third kappa shape index (κ3) is 2.13. The molecule has 1 atom stereocenters. The number of carbonyl (C=O) groups excluding carboxylic acids is 2. The SMILES string of the molecule is Cc1cc2c(cc1O)C=C1C(=O)C=CC(C)(C)[C@H]1CC2=O. The second-order valence-electron chi connectivity index (χ2n) is 6.52. The van der Waals surface area contributed by atoms with Crippen molar-refractivity contribution in [2.75, 3.05) is 0 Å². The molecular weight excluding hydrogens is 264 g/mol. The Morgan fingerprint density at radius 1 is 1.24 bits per heavy atom. The molecule has 0 aromatic heterocycles. The molecule has 1 aromatic carbocycles. The summed E-state index contributed by atoms with van der Waals surface area (Å²) >= 11 is 0. The van der Waals surface area contributed by atoms with Gasteiger partial charge in [-0.2, -0.15) is 0 Å². The summed E-state index contributed by atoms with van der Waals surface area (Å²) in [6, 6.07) is 3.29. The van der Waals surface area contributed by atoms with E-state index in [2.05, 4.69) is 0 Å². The molecule has 3 nitrogen and oxygen atoms in total. The summed E-state index contributed by atoms with van der Waals surface area (Å²) in [5, 5.41) is 9.88. The molecular formula is C18H18O3. The van der Waals surface area contributed by atoms with Crippen molar-refractivity contribution in [3.05, 3.63) is 46.5 Å². The van der Waals surface area contributed by atoms with E-state index in [0.29, 0.717) is 28.7 Å². The number of fused-ring (bicyclic) bond motifs is 2. The first-order valence-electron chi connectivity index (χ1n) is 7.11. The van der Waals surface area contributed by atoms with Crippen LogP contribution in [-0.4, -0.2) is 16.7 Å². The first-order valence-corrected chi connectivity index (χ1v) is 7.11. The highest BCUT2D eigenvalue weighted by Crippen LogP contribution is 2.44. The van der Waals surface area contributed by atoms with Crippen molar-refractivity contribution in [2.24, 2.45) is 11.3 Å². The maximum Gasteiger partial charge on any atom is 0.181 e. The molecule has 3 heteroatoms. The molecule has 0 bridgehead atoms. The maximum absolute atomic E-state index is 12.6. The number of rotatable bonds is 0. The van der Waals surface area contributed by atoms with Crippen LogP contribution in [0.15, 0.2) is 29.9 Å². The lowest BCUT2D eigenvalue weighted by Crippen LogP contribution is -2.31. The van der Waals surface area contributed by atoms with Gasteiger partial charge in [-0.25, -0.2) is 0 Å². The highest BCUT2D eigenvalue weighted by molar-refractivity contribution is 6.12. The van der Waals surface area contributed by atoms with E-state index in [-0.39, 0.29) is 28.6 Å². The molecule has 0 heterocycles. The van der Waals surface area contributed by atoms with E-state index < -0.39 is 0 Å². The molecule has 0 radical (unpaired) electrons. The van der Waals surface area contributed by atoms with Crippen LogP contribution in [0.5, 0.6) is 5.75 Å². The molecule has 3 rings (SSSR count). The second-order valence-corrected chi connectivity index (χ2v) is 6.52. The highest BCUT2D eigenvalue weighted by atomic mass is 16.3. The van der Waals surface area contributed by atoms with Gasteiger partial charge in [0.15, 0.2) is 11.6 Å². The third-order valence-corrected chi connectivity index (χ3v) is 4.59. The normalized spacial score (nSPS) is 23.2. The zero-order chi connectivity index (χ0) is 15.4. The van der Waals surface area contributed by atoms with E-state index in [1.807, 2.05) is 19.9 Å². The third-order valence-electron chi connectivity index (χ3n) is 4.59.